The van der Waals surface area contributed by atoms with Crippen LogP contribution < -0.4 is 5.32 Å². The number of carbonyl (C=O) groups is 1. The fourth-order valence-electron chi connectivity index (χ4n) is 1.31. The Morgan fingerprint density at radius 3 is 2.69 bits per heavy atom. The molecular weight excluding hydrogens is 207 g/mol. The quantitative estimate of drug-likeness (QED) is 0.844. The van der Waals surface area contributed by atoms with Crippen LogP contribution >= 0.6 is 0 Å². The van der Waals surface area contributed by atoms with Crippen molar-refractivity contribution < 1.29 is 10.6 Å². The molecule has 0 spiro atoms. The molecule has 90 valence electrons. The SMILES string of the molecule is CC(C)NC(=O)N(C)Cc1ccccc1F.[HH]. The topological polar surface area (TPSA) is 32.3 Å². The number of hydrogen-bond acceptors (Lipinski definition) is 1. The molecule has 0 heterocycles. The summed E-state index contributed by atoms with van der Waals surface area (Å²) >= 11 is 0. The van der Waals surface area contributed by atoms with E-state index >= 15 is 0 Å². The fraction of sp³-hybridized carbons (Fsp3) is 0.417. The number of halogens is 1. The minimum atomic E-state index is -0.285. The van der Waals surface area contributed by atoms with Crippen molar-refractivity contribution in [1.29, 1.82) is 0 Å². The first kappa shape index (κ1) is 12.5. The Balaban J connectivity index is 0.00000256. The van der Waals surface area contributed by atoms with Crippen molar-refractivity contribution in [3.05, 3.63) is 35.6 Å². The van der Waals surface area contributed by atoms with E-state index in [0.29, 0.717) is 5.56 Å². The standard InChI is InChI=1S/C12H17FN2O.H2/c1-9(2)14-12(16)15(3)8-10-6-4-5-7-11(10)13;/h4-7,9H,8H2,1-3H3,(H,14,16);1H. The van der Waals surface area contributed by atoms with Gasteiger partial charge in [-0.3, -0.25) is 0 Å². The second-order valence-electron chi connectivity index (χ2n) is 4.05. The molecule has 0 aromatic heterocycles. The van der Waals surface area contributed by atoms with Gasteiger partial charge in [0, 0.05) is 26.6 Å². The number of nitrogens with zero attached hydrogens (tertiary/aromatic N) is 1. The summed E-state index contributed by atoms with van der Waals surface area (Å²) in [6.07, 6.45) is 0. The van der Waals surface area contributed by atoms with Gasteiger partial charge < -0.3 is 10.2 Å². The van der Waals surface area contributed by atoms with Gasteiger partial charge in [-0.05, 0) is 19.9 Å². The minimum absolute atomic E-state index is 0. The first-order valence-electron chi connectivity index (χ1n) is 5.25. The van der Waals surface area contributed by atoms with Crippen LogP contribution in [0.5, 0.6) is 0 Å². The molecule has 0 unspecified atom stereocenters. The Kier molecular flexibility index (Phi) is 4.28. The van der Waals surface area contributed by atoms with Crippen molar-refractivity contribution >= 4 is 6.03 Å². The lowest BCUT2D eigenvalue weighted by Gasteiger charge is -2.19. The summed E-state index contributed by atoms with van der Waals surface area (Å²) in [5, 5.41) is 2.75. The lowest BCUT2D eigenvalue weighted by molar-refractivity contribution is 0.204. The highest BCUT2D eigenvalue weighted by Gasteiger charge is 2.11. The number of nitrogens with one attached hydrogen (secondary N) is 1. The van der Waals surface area contributed by atoms with Gasteiger partial charge in [0.2, 0.25) is 0 Å². The smallest absolute Gasteiger partial charge is 0.317 e. The van der Waals surface area contributed by atoms with Gasteiger partial charge in [0.05, 0.1) is 0 Å². The second kappa shape index (κ2) is 5.49. The summed E-state index contributed by atoms with van der Waals surface area (Å²) in [5.41, 5.74) is 0.518. The summed E-state index contributed by atoms with van der Waals surface area (Å²) in [5.74, 6) is -0.285. The van der Waals surface area contributed by atoms with Crippen LogP contribution in [-0.4, -0.2) is 24.0 Å². The average molecular weight is 226 g/mol. The molecule has 16 heavy (non-hydrogen) atoms. The Morgan fingerprint density at radius 1 is 1.50 bits per heavy atom. The summed E-state index contributed by atoms with van der Waals surface area (Å²) in [4.78, 5) is 13.0. The lowest BCUT2D eigenvalue weighted by atomic mass is 10.2. The van der Waals surface area contributed by atoms with Crippen LogP contribution in [0.3, 0.4) is 0 Å². The van der Waals surface area contributed by atoms with E-state index in [4.69, 9.17) is 0 Å². The highest BCUT2D eigenvalue weighted by molar-refractivity contribution is 5.74. The molecule has 1 aromatic carbocycles. The maximum atomic E-state index is 13.3. The molecular formula is C12H19FN2O. The molecule has 0 saturated carbocycles. The molecule has 1 N–H and O–H groups in total. The van der Waals surface area contributed by atoms with Gasteiger partial charge in [-0.15, -0.1) is 0 Å². The number of carbonyl (C=O) groups excluding carboxylic acids is 1. The van der Waals surface area contributed by atoms with Crippen molar-refractivity contribution in [3.8, 4) is 0 Å². The molecule has 0 atom stereocenters. The molecule has 2 amide bonds. The fourth-order valence-corrected chi connectivity index (χ4v) is 1.31. The number of hydrogen-bond donors (Lipinski definition) is 1. The summed E-state index contributed by atoms with van der Waals surface area (Å²) in [7, 11) is 1.64. The van der Waals surface area contributed by atoms with Crippen molar-refractivity contribution in [1.82, 2.24) is 10.2 Å². The van der Waals surface area contributed by atoms with E-state index in [1.165, 1.54) is 11.0 Å². The zero-order valence-electron chi connectivity index (χ0n) is 9.83. The molecule has 0 saturated heterocycles. The van der Waals surface area contributed by atoms with E-state index in [1.807, 2.05) is 13.8 Å². The maximum Gasteiger partial charge on any atom is 0.317 e. The van der Waals surface area contributed by atoms with Gasteiger partial charge in [0.25, 0.3) is 0 Å². The van der Waals surface area contributed by atoms with Crippen LogP contribution in [-0.2, 0) is 6.54 Å². The third-order valence-corrected chi connectivity index (χ3v) is 2.12. The van der Waals surface area contributed by atoms with Crippen molar-refractivity contribution in [2.45, 2.75) is 26.4 Å². The first-order chi connectivity index (χ1) is 7.50. The van der Waals surface area contributed by atoms with E-state index in [0.717, 1.165) is 0 Å². The average Bonchev–Trinajstić information content (AvgIpc) is 2.20. The number of rotatable bonds is 3. The monoisotopic (exact) mass is 226 g/mol. The molecule has 0 radical (unpaired) electrons. The zero-order valence-corrected chi connectivity index (χ0v) is 9.83. The number of urea groups is 1. The number of benzene rings is 1. The van der Waals surface area contributed by atoms with E-state index < -0.39 is 0 Å². The Bertz CT molecular complexity index is 371. The third-order valence-electron chi connectivity index (χ3n) is 2.12. The molecule has 1 aromatic rings. The Labute approximate surface area is 96.7 Å². The van der Waals surface area contributed by atoms with Crippen LogP contribution in [0.4, 0.5) is 9.18 Å². The minimum Gasteiger partial charge on any atom is -0.336 e. The summed E-state index contributed by atoms with van der Waals surface area (Å²) < 4.78 is 13.3. The van der Waals surface area contributed by atoms with Crippen molar-refractivity contribution in [2.75, 3.05) is 7.05 Å². The second-order valence-corrected chi connectivity index (χ2v) is 4.05. The molecule has 3 nitrogen and oxygen atoms in total. The van der Waals surface area contributed by atoms with Gasteiger partial charge in [0.1, 0.15) is 5.82 Å². The van der Waals surface area contributed by atoms with Gasteiger partial charge in [0.15, 0.2) is 0 Å². The lowest BCUT2D eigenvalue weighted by Crippen LogP contribution is -2.40. The predicted octanol–water partition coefficient (Wildman–Crippen LogP) is 2.62. The van der Waals surface area contributed by atoms with E-state index in [-0.39, 0.29) is 25.9 Å². The van der Waals surface area contributed by atoms with E-state index in [9.17, 15) is 9.18 Å². The third kappa shape index (κ3) is 3.53. The van der Waals surface area contributed by atoms with Crippen LogP contribution in [0, 0.1) is 5.82 Å². The predicted molar refractivity (Wildman–Crippen MR) is 63.6 cm³/mol. The highest BCUT2D eigenvalue weighted by Crippen LogP contribution is 2.08. The van der Waals surface area contributed by atoms with Crippen molar-refractivity contribution in [3.63, 3.8) is 0 Å². The Hall–Kier alpha value is -1.58. The molecule has 0 aliphatic heterocycles. The normalized spacial score (nSPS) is 10.3. The summed E-state index contributed by atoms with van der Waals surface area (Å²) in [6.45, 7) is 4.04. The Morgan fingerprint density at radius 2 is 2.12 bits per heavy atom. The maximum absolute atomic E-state index is 13.3. The van der Waals surface area contributed by atoms with Crippen LogP contribution in [0.15, 0.2) is 24.3 Å². The molecule has 4 heteroatoms. The molecule has 0 aliphatic rings. The van der Waals surface area contributed by atoms with Crippen LogP contribution in [0.2, 0.25) is 0 Å². The first-order valence-corrected chi connectivity index (χ1v) is 5.25. The van der Waals surface area contributed by atoms with E-state index in [1.54, 1.807) is 25.2 Å². The van der Waals surface area contributed by atoms with Crippen molar-refractivity contribution in [2.24, 2.45) is 0 Å². The molecule has 1 rings (SSSR count). The van der Waals surface area contributed by atoms with Crippen LogP contribution in [0.1, 0.15) is 20.8 Å². The van der Waals surface area contributed by atoms with Gasteiger partial charge >= 0.3 is 6.03 Å². The summed E-state index contributed by atoms with van der Waals surface area (Å²) in [6, 6.07) is 6.34. The zero-order chi connectivity index (χ0) is 12.1. The van der Waals surface area contributed by atoms with Gasteiger partial charge in [-0.2, -0.15) is 0 Å². The van der Waals surface area contributed by atoms with Gasteiger partial charge in [-0.1, -0.05) is 18.2 Å². The largest absolute Gasteiger partial charge is 0.336 e. The highest BCUT2D eigenvalue weighted by atomic mass is 19.1. The van der Waals surface area contributed by atoms with E-state index in [2.05, 4.69) is 5.32 Å². The molecule has 0 aliphatic carbocycles. The molecule has 0 fully saturated rings. The number of amides is 2. The molecule has 0 bridgehead atoms. The van der Waals surface area contributed by atoms with Gasteiger partial charge in [-0.25, -0.2) is 9.18 Å². The van der Waals surface area contributed by atoms with Crippen LogP contribution in [0.25, 0.3) is 0 Å².